The van der Waals surface area contributed by atoms with Crippen molar-refractivity contribution in [3.8, 4) is 11.5 Å². The summed E-state index contributed by atoms with van der Waals surface area (Å²) in [4.78, 5) is 29.0. The van der Waals surface area contributed by atoms with Crippen LogP contribution in [0, 0.1) is 0 Å². The number of carbonyl (C=O) groups is 2. The lowest BCUT2D eigenvalue weighted by atomic mass is 10.0. The summed E-state index contributed by atoms with van der Waals surface area (Å²) >= 11 is 11.4. The van der Waals surface area contributed by atoms with Crippen LogP contribution >= 0.6 is 23.8 Å². The van der Waals surface area contributed by atoms with Gasteiger partial charge in [0.2, 0.25) is 0 Å². The fraction of sp³-hybridized carbons (Fsp3) is 0.190. The number of halogens is 1. The number of para-hydroxylation sites is 1. The molecule has 1 aliphatic rings. The molecule has 1 fully saturated rings. The third-order valence-corrected chi connectivity index (χ3v) is 5.12. The standard InChI is InChI=1S/C21H19ClN2O4S/c1-4-23-19(25)16(12-13-6-5-7-17(27-2)18(13)28-3)20(26)24(21(23)29)15-10-8-14(22)9-11-15/h5-12H,4H2,1-3H3/b16-12+. The largest absolute Gasteiger partial charge is 0.493 e. The smallest absolute Gasteiger partial charge is 0.270 e. The van der Waals surface area contributed by atoms with Gasteiger partial charge in [-0.05, 0) is 55.5 Å². The van der Waals surface area contributed by atoms with E-state index >= 15 is 0 Å². The first-order chi connectivity index (χ1) is 13.9. The van der Waals surface area contributed by atoms with Crippen molar-refractivity contribution in [2.75, 3.05) is 25.7 Å². The Labute approximate surface area is 179 Å². The van der Waals surface area contributed by atoms with Crippen molar-refractivity contribution in [2.45, 2.75) is 6.92 Å². The molecule has 8 heteroatoms. The average molecular weight is 431 g/mol. The first kappa shape index (κ1) is 20.8. The number of anilines is 1. The molecule has 0 aliphatic carbocycles. The summed E-state index contributed by atoms with van der Waals surface area (Å²) in [6.07, 6.45) is 1.50. The van der Waals surface area contributed by atoms with Crippen LogP contribution in [-0.2, 0) is 9.59 Å². The normalized spacial score (nSPS) is 15.9. The van der Waals surface area contributed by atoms with Gasteiger partial charge in [-0.2, -0.15) is 0 Å². The minimum atomic E-state index is -0.517. The van der Waals surface area contributed by atoms with Crippen molar-refractivity contribution >= 4 is 52.5 Å². The molecule has 2 amide bonds. The Bertz CT molecular complexity index is 1000. The molecule has 0 saturated carbocycles. The Hall–Kier alpha value is -2.90. The summed E-state index contributed by atoms with van der Waals surface area (Å²) < 4.78 is 10.7. The highest BCUT2D eigenvalue weighted by molar-refractivity contribution is 7.80. The minimum absolute atomic E-state index is 0.0260. The minimum Gasteiger partial charge on any atom is -0.493 e. The van der Waals surface area contributed by atoms with Crippen molar-refractivity contribution in [1.29, 1.82) is 0 Å². The maximum absolute atomic E-state index is 13.3. The second kappa shape index (κ2) is 8.63. The van der Waals surface area contributed by atoms with E-state index in [0.717, 1.165) is 0 Å². The van der Waals surface area contributed by atoms with Gasteiger partial charge in [-0.15, -0.1) is 0 Å². The molecule has 1 heterocycles. The van der Waals surface area contributed by atoms with E-state index < -0.39 is 11.8 Å². The van der Waals surface area contributed by atoms with Gasteiger partial charge >= 0.3 is 0 Å². The first-order valence-corrected chi connectivity index (χ1v) is 9.60. The quantitative estimate of drug-likeness (QED) is 0.409. The van der Waals surface area contributed by atoms with E-state index in [1.165, 1.54) is 30.1 Å². The van der Waals surface area contributed by atoms with Crippen molar-refractivity contribution in [3.63, 3.8) is 0 Å². The molecule has 3 rings (SSSR count). The molecule has 150 valence electrons. The zero-order valence-corrected chi connectivity index (χ0v) is 17.7. The molecule has 1 aliphatic heterocycles. The van der Waals surface area contributed by atoms with Crippen molar-refractivity contribution < 1.29 is 19.1 Å². The Balaban J connectivity index is 2.14. The molecular weight excluding hydrogens is 412 g/mol. The number of benzene rings is 2. The summed E-state index contributed by atoms with van der Waals surface area (Å²) in [7, 11) is 3.02. The molecule has 1 saturated heterocycles. The van der Waals surface area contributed by atoms with Gasteiger partial charge in [-0.25, -0.2) is 0 Å². The van der Waals surface area contributed by atoms with E-state index in [4.69, 9.17) is 33.3 Å². The highest BCUT2D eigenvalue weighted by atomic mass is 35.5. The lowest BCUT2D eigenvalue weighted by molar-refractivity contribution is -0.127. The summed E-state index contributed by atoms with van der Waals surface area (Å²) in [5.74, 6) is -0.0539. The van der Waals surface area contributed by atoms with Crippen LogP contribution in [0.1, 0.15) is 12.5 Å². The van der Waals surface area contributed by atoms with E-state index in [1.807, 2.05) is 0 Å². The molecule has 0 radical (unpaired) electrons. The third kappa shape index (κ3) is 3.83. The number of rotatable bonds is 5. The summed E-state index contributed by atoms with van der Waals surface area (Å²) in [6.45, 7) is 2.12. The maximum atomic E-state index is 13.3. The third-order valence-electron chi connectivity index (χ3n) is 4.47. The molecule has 0 atom stereocenters. The number of carbonyl (C=O) groups excluding carboxylic acids is 2. The van der Waals surface area contributed by atoms with Gasteiger partial charge in [0.1, 0.15) is 5.57 Å². The molecule has 0 unspecified atom stereocenters. The van der Waals surface area contributed by atoms with Gasteiger partial charge in [0.25, 0.3) is 11.8 Å². The molecule has 0 spiro atoms. The van der Waals surface area contributed by atoms with Crippen LogP contribution in [0.25, 0.3) is 6.08 Å². The molecule has 0 N–H and O–H groups in total. The molecule has 0 bridgehead atoms. The summed E-state index contributed by atoms with van der Waals surface area (Å²) in [6, 6.07) is 11.9. The van der Waals surface area contributed by atoms with Gasteiger partial charge in [0.05, 0.1) is 19.9 Å². The fourth-order valence-corrected chi connectivity index (χ4v) is 3.58. The number of amides is 2. The van der Waals surface area contributed by atoms with Crippen LogP contribution in [0.2, 0.25) is 5.02 Å². The summed E-state index contributed by atoms with van der Waals surface area (Å²) in [5, 5.41) is 0.656. The monoisotopic (exact) mass is 430 g/mol. The lowest BCUT2D eigenvalue weighted by Crippen LogP contribution is -2.56. The number of thiocarbonyl (C=S) groups is 1. The van der Waals surface area contributed by atoms with Crippen molar-refractivity contribution in [2.24, 2.45) is 0 Å². The van der Waals surface area contributed by atoms with Crippen LogP contribution in [0.4, 0.5) is 5.69 Å². The molecular formula is C21H19ClN2O4S. The number of methoxy groups -OCH3 is 2. The second-order valence-electron chi connectivity index (χ2n) is 6.09. The zero-order valence-electron chi connectivity index (χ0n) is 16.1. The average Bonchev–Trinajstić information content (AvgIpc) is 2.72. The highest BCUT2D eigenvalue weighted by Gasteiger charge is 2.39. The predicted molar refractivity (Wildman–Crippen MR) is 116 cm³/mol. The first-order valence-electron chi connectivity index (χ1n) is 8.81. The molecule has 2 aromatic rings. The SMILES string of the molecule is CCN1C(=O)/C(=C\c2cccc(OC)c2OC)C(=O)N(c2ccc(Cl)cc2)C1=S. The molecule has 0 aromatic heterocycles. The van der Waals surface area contributed by atoms with Gasteiger partial charge in [-0.1, -0.05) is 23.7 Å². The van der Waals surface area contributed by atoms with E-state index in [-0.39, 0.29) is 10.7 Å². The molecule has 29 heavy (non-hydrogen) atoms. The number of nitrogens with zero attached hydrogens (tertiary/aromatic N) is 2. The van der Waals surface area contributed by atoms with Crippen LogP contribution < -0.4 is 14.4 Å². The molecule has 2 aromatic carbocycles. The lowest BCUT2D eigenvalue weighted by Gasteiger charge is -2.36. The van der Waals surface area contributed by atoms with Gasteiger partial charge in [0, 0.05) is 17.1 Å². The Morgan fingerprint density at radius 1 is 1.03 bits per heavy atom. The van der Waals surface area contributed by atoms with Crippen molar-refractivity contribution in [1.82, 2.24) is 4.90 Å². The van der Waals surface area contributed by atoms with Gasteiger partial charge in [-0.3, -0.25) is 19.4 Å². The van der Waals surface area contributed by atoms with E-state index in [9.17, 15) is 9.59 Å². The number of ether oxygens (including phenoxy) is 2. The number of likely N-dealkylation sites (N-methyl/N-ethyl adjacent to an activating group) is 1. The van der Waals surface area contributed by atoms with Crippen molar-refractivity contribution in [3.05, 3.63) is 58.6 Å². The number of hydrogen-bond donors (Lipinski definition) is 0. The van der Waals surface area contributed by atoms with Gasteiger partial charge < -0.3 is 9.47 Å². The second-order valence-corrected chi connectivity index (χ2v) is 6.89. The maximum Gasteiger partial charge on any atom is 0.270 e. The Morgan fingerprint density at radius 3 is 2.31 bits per heavy atom. The summed E-state index contributed by atoms with van der Waals surface area (Å²) in [5.41, 5.74) is 1.05. The van der Waals surface area contributed by atoms with Crippen LogP contribution in [0.5, 0.6) is 11.5 Å². The van der Waals surface area contributed by atoms with E-state index in [0.29, 0.717) is 34.3 Å². The van der Waals surface area contributed by atoms with E-state index in [2.05, 4.69) is 0 Å². The topological polar surface area (TPSA) is 59.1 Å². The fourth-order valence-electron chi connectivity index (χ4n) is 3.05. The number of hydrogen-bond acceptors (Lipinski definition) is 5. The Morgan fingerprint density at radius 2 is 1.72 bits per heavy atom. The van der Waals surface area contributed by atoms with Gasteiger partial charge in [0.15, 0.2) is 16.6 Å². The molecule has 6 nitrogen and oxygen atoms in total. The highest BCUT2D eigenvalue weighted by Crippen LogP contribution is 2.34. The zero-order chi connectivity index (χ0) is 21.1. The Kier molecular flexibility index (Phi) is 6.20. The van der Waals surface area contributed by atoms with Crippen LogP contribution in [-0.4, -0.2) is 42.6 Å². The predicted octanol–water partition coefficient (Wildman–Crippen LogP) is 3.92. The van der Waals surface area contributed by atoms with Crippen LogP contribution in [0.3, 0.4) is 0 Å². The van der Waals surface area contributed by atoms with Crippen LogP contribution in [0.15, 0.2) is 48.0 Å². The van der Waals surface area contributed by atoms with E-state index in [1.54, 1.807) is 49.4 Å².